The first-order valence-electron chi connectivity index (χ1n) is 7.28. The second-order valence-electron chi connectivity index (χ2n) is 5.86. The van der Waals surface area contributed by atoms with Crippen molar-refractivity contribution in [1.29, 1.82) is 0 Å². The first-order chi connectivity index (χ1) is 10.4. The largest absolute Gasteiger partial charge is 0.168 e. The summed E-state index contributed by atoms with van der Waals surface area (Å²) >= 11 is 6.50. The van der Waals surface area contributed by atoms with Crippen LogP contribution < -0.4 is 0 Å². The van der Waals surface area contributed by atoms with Gasteiger partial charge in [-0.1, -0.05) is 33.8 Å². The minimum Gasteiger partial charge on any atom is -0.168 e. The molecule has 1 N–H and O–H groups in total. The first kappa shape index (κ1) is 22.8. The maximum Gasteiger partial charge on any atom is -0.0809 e. The predicted molar refractivity (Wildman–Crippen MR) is 106 cm³/mol. The van der Waals surface area contributed by atoms with Gasteiger partial charge in [0.25, 0.3) is 0 Å². The zero-order chi connectivity index (χ0) is 17.0. The molecule has 0 spiro atoms. The van der Waals surface area contributed by atoms with Crippen molar-refractivity contribution < 1.29 is 18.6 Å². The summed E-state index contributed by atoms with van der Waals surface area (Å²) in [5, 5.41) is 2.66. The molecule has 0 saturated carbocycles. The van der Waals surface area contributed by atoms with Crippen LogP contribution in [0.15, 0.2) is 42.5 Å². The molecule has 2 aromatic rings. The Morgan fingerprint density at radius 2 is 1.55 bits per heavy atom. The van der Waals surface area contributed by atoms with Gasteiger partial charge >= 0.3 is 40.7 Å². The van der Waals surface area contributed by atoms with E-state index in [2.05, 4.69) is 97.1 Å². The van der Waals surface area contributed by atoms with Gasteiger partial charge in [-0.3, -0.25) is 0 Å². The Morgan fingerprint density at radius 1 is 1.05 bits per heavy atom. The summed E-state index contributed by atoms with van der Waals surface area (Å²) in [5.41, 5.74) is 0. The van der Waals surface area contributed by atoms with Gasteiger partial charge < -0.3 is 4.89 Å². The summed E-state index contributed by atoms with van der Waals surface area (Å²) in [7, 11) is -0.659. The second-order valence-corrected chi connectivity index (χ2v) is 18.1. The zero-order valence-corrected chi connectivity index (χ0v) is 20.1. The number of halogens is 2. The van der Waals surface area contributed by atoms with Crippen LogP contribution in [-0.2, 0) is 13.7 Å². The fraction of sp³-hybridized carbons (Fsp3) is 0.471. The third-order valence-electron chi connectivity index (χ3n) is 2.70. The van der Waals surface area contributed by atoms with E-state index in [9.17, 15) is 4.89 Å². The van der Waals surface area contributed by atoms with Gasteiger partial charge in [-0.15, -0.1) is 29.7 Å². The molecule has 0 atom stereocenters. The minimum atomic E-state index is -0.659. The number of fused-ring (bicyclic) bond motifs is 1. The summed E-state index contributed by atoms with van der Waals surface area (Å²) < 4.78 is 0. The van der Waals surface area contributed by atoms with E-state index in [0.29, 0.717) is 11.8 Å². The van der Waals surface area contributed by atoms with E-state index in [-0.39, 0.29) is 13.7 Å². The van der Waals surface area contributed by atoms with E-state index in [4.69, 9.17) is 0 Å². The maximum absolute atomic E-state index is 9.45. The predicted octanol–water partition coefficient (Wildman–Crippen LogP) is 6.94. The fourth-order valence-corrected chi connectivity index (χ4v) is 3.82. The molecule has 5 heteroatoms. The smallest absolute Gasteiger partial charge is 0.0809 e. The van der Waals surface area contributed by atoms with Crippen molar-refractivity contribution in [3.8, 4) is 0 Å². The van der Waals surface area contributed by atoms with Crippen molar-refractivity contribution in [2.24, 2.45) is 11.8 Å². The van der Waals surface area contributed by atoms with E-state index in [1.807, 2.05) is 0 Å². The molecule has 0 amide bonds. The van der Waals surface area contributed by atoms with Crippen molar-refractivity contribution in [2.75, 3.05) is 12.3 Å². The van der Waals surface area contributed by atoms with Crippen LogP contribution in [0.2, 0.25) is 0 Å². The Kier molecular flexibility index (Phi) is 14.7. The minimum absolute atomic E-state index is 0.125. The third kappa shape index (κ3) is 12.3. The van der Waals surface area contributed by atoms with Gasteiger partial charge in [0.2, 0.25) is 0 Å². The summed E-state index contributed by atoms with van der Waals surface area (Å²) in [6.45, 7) is 8.63. The molecule has 22 heavy (non-hydrogen) atoms. The van der Waals surface area contributed by atoms with Crippen LogP contribution in [0, 0.1) is 11.8 Å². The molecule has 0 aliphatic carbocycles. The van der Waals surface area contributed by atoms with Crippen molar-refractivity contribution in [3.05, 3.63) is 42.5 Å². The topological polar surface area (TPSA) is 20.2 Å². The Bertz CT molecular complexity index is 448. The normalized spacial score (nSPS) is 10.6. The molecule has 0 fully saturated rings. The number of benzene rings is 1. The second kappa shape index (κ2) is 14.2. The van der Waals surface area contributed by atoms with E-state index in [1.54, 1.807) is 0 Å². The fourth-order valence-electron chi connectivity index (χ4n) is 1.99. The molecule has 0 aromatic heterocycles. The Morgan fingerprint density at radius 3 is 2.00 bits per heavy atom. The standard InChI is InChI=1S/C9H7.C8H19OP.2BrH.Ir/c1-2-5-9-7-3-6-8(9)4-1;1-7(2)5-10(9)6-8(3)4;;;/h1-7H;7-9H,5-6H2,1-4H3;2*1H;/q-1;;;;+3/p-2. The van der Waals surface area contributed by atoms with Crippen LogP contribution in [0.4, 0.5) is 0 Å². The number of hydrogen-bond donors (Lipinski definition) is 1. The molecule has 0 aliphatic heterocycles. The number of rotatable bonds is 4. The monoisotopic (exact) mass is 628 g/mol. The SMILES string of the molecule is CC(C)CP(O)CC(C)C.[Br][Ir+][Br].c1ccc2[cH-]ccc2c1. The first-order valence-corrected chi connectivity index (χ1v) is 19.4. The van der Waals surface area contributed by atoms with Gasteiger partial charge in [-0.25, -0.2) is 0 Å². The molecule has 1 nitrogen and oxygen atoms in total. The maximum atomic E-state index is 9.45. The van der Waals surface area contributed by atoms with Crippen molar-refractivity contribution in [1.82, 2.24) is 0 Å². The third-order valence-corrected chi connectivity index (χ3v) is 5.00. The summed E-state index contributed by atoms with van der Waals surface area (Å²) in [5.74, 6) is 1.30. The van der Waals surface area contributed by atoms with Gasteiger partial charge in [0.05, 0.1) is 0 Å². The quantitative estimate of drug-likeness (QED) is 0.287. The van der Waals surface area contributed by atoms with Crippen molar-refractivity contribution in [2.45, 2.75) is 27.7 Å². The Hall–Kier alpha value is 0.829. The van der Waals surface area contributed by atoms with Crippen LogP contribution in [-0.4, -0.2) is 17.2 Å². The molecular weight excluding hydrogens is 603 g/mol. The molecule has 0 heterocycles. The average molecular weight is 629 g/mol. The Balaban J connectivity index is 0.000000341. The van der Waals surface area contributed by atoms with Crippen LogP contribution in [0.25, 0.3) is 10.8 Å². The van der Waals surface area contributed by atoms with Crippen molar-refractivity contribution in [3.63, 3.8) is 0 Å². The molecule has 0 aliphatic rings. The van der Waals surface area contributed by atoms with Crippen LogP contribution in [0.5, 0.6) is 0 Å². The van der Waals surface area contributed by atoms with Crippen LogP contribution in [0.3, 0.4) is 0 Å². The number of hydrogen-bond acceptors (Lipinski definition) is 1. The van der Waals surface area contributed by atoms with Gasteiger partial charge in [-0.05, 0) is 24.2 Å². The van der Waals surface area contributed by atoms with E-state index in [0.717, 1.165) is 12.3 Å². The molecule has 0 bridgehead atoms. The molecule has 0 saturated heterocycles. The summed E-state index contributed by atoms with van der Waals surface area (Å²) in [6, 6.07) is 14.7. The van der Waals surface area contributed by atoms with E-state index in [1.165, 1.54) is 10.8 Å². The molecular formula is C17H26Br2IrOP. The molecule has 2 rings (SSSR count). The van der Waals surface area contributed by atoms with E-state index >= 15 is 0 Å². The van der Waals surface area contributed by atoms with Crippen LogP contribution >= 0.6 is 35.1 Å². The van der Waals surface area contributed by atoms with E-state index < -0.39 is 8.15 Å². The summed E-state index contributed by atoms with van der Waals surface area (Å²) in [4.78, 5) is 9.45. The van der Waals surface area contributed by atoms with Crippen molar-refractivity contribution >= 4 is 45.9 Å². The molecule has 2 aromatic carbocycles. The average Bonchev–Trinajstić information content (AvgIpc) is 2.86. The van der Waals surface area contributed by atoms with Gasteiger partial charge in [0.15, 0.2) is 0 Å². The Labute approximate surface area is 158 Å². The molecule has 0 radical (unpaired) electrons. The summed E-state index contributed by atoms with van der Waals surface area (Å²) in [6.07, 6.45) is 2.01. The van der Waals surface area contributed by atoms with Gasteiger partial charge in [-0.2, -0.15) is 17.5 Å². The molecule has 128 valence electrons. The molecule has 0 unspecified atom stereocenters. The van der Waals surface area contributed by atoms with Gasteiger partial charge in [0.1, 0.15) is 0 Å². The zero-order valence-electron chi connectivity index (χ0n) is 13.6. The van der Waals surface area contributed by atoms with Crippen LogP contribution in [0.1, 0.15) is 27.7 Å². The van der Waals surface area contributed by atoms with Gasteiger partial charge in [0, 0.05) is 8.15 Å².